The van der Waals surface area contributed by atoms with Gasteiger partial charge in [-0.15, -0.1) is 0 Å². The first-order valence-corrected chi connectivity index (χ1v) is 11.0. The molecule has 0 unspecified atom stereocenters. The van der Waals surface area contributed by atoms with Gasteiger partial charge in [0.05, 0.1) is 29.9 Å². The molecule has 142 valence electrons. The number of aromatic amines is 1. The van der Waals surface area contributed by atoms with Gasteiger partial charge in [-0.05, 0) is 44.4 Å². The molecule has 8 nitrogen and oxygen atoms in total. The Hall–Kier alpha value is -1.71. The van der Waals surface area contributed by atoms with Gasteiger partial charge in [-0.2, -0.15) is 14.5 Å². The zero-order valence-electron chi connectivity index (χ0n) is 15.4. The first-order chi connectivity index (χ1) is 12.4. The smallest absolute Gasteiger partial charge is 0.211 e. The molecule has 1 N–H and O–H groups in total. The van der Waals surface area contributed by atoms with Gasteiger partial charge in [0, 0.05) is 31.9 Å². The molecule has 2 aromatic rings. The molecule has 2 aliphatic rings. The molecule has 1 aliphatic carbocycles. The first-order valence-electron chi connectivity index (χ1n) is 9.14. The summed E-state index contributed by atoms with van der Waals surface area (Å²) in [7, 11) is -1.10. The highest BCUT2D eigenvalue weighted by atomic mass is 32.2. The van der Waals surface area contributed by atoms with E-state index in [1.807, 2.05) is 10.7 Å². The number of hydrogen-bond acceptors (Lipinski definition) is 5. The molecule has 1 aliphatic heterocycles. The number of nitrogens with one attached hydrogen (secondary N) is 1. The lowest BCUT2D eigenvalue weighted by Crippen LogP contribution is -2.29. The van der Waals surface area contributed by atoms with Crippen LogP contribution in [-0.4, -0.2) is 57.4 Å². The molecule has 0 radical (unpaired) electrons. The standard InChI is InChI=1S/C17H26N6O2S/c1-21(12-17-15-5-3-6-16(15)18-19-17)10-13-9-14-11-22(26(2,24)25)7-4-8-23(14)20-13/h9H,3-8,10-12H2,1-2H3,(H,18,19). The zero-order chi connectivity index (χ0) is 18.3. The van der Waals surface area contributed by atoms with E-state index >= 15 is 0 Å². The fourth-order valence-electron chi connectivity index (χ4n) is 3.96. The van der Waals surface area contributed by atoms with Gasteiger partial charge in [0.25, 0.3) is 0 Å². The number of fused-ring (bicyclic) bond motifs is 2. The molecular formula is C17H26N6O2S. The van der Waals surface area contributed by atoms with E-state index in [1.54, 1.807) is 0 Å². The Balaban J connectivity index is 1.44. The van der Waals surface area contributed by atoms with Crippen molar-refractivity contribution in [2.45, 2.75) is 51.9 Å². The van der Waals surface area contributed by atoms with Crippen molar-refractivity contribution >= 4 is 10.0 Å². The predicted molar refractivity (Wildman–Crippen MR) is 97.9 cm³/mol. The summed E-state index contributed by atoms with van der Waals surface area (Å²) in [6.45, 7) is 3.24. The van der Waals surface area contributed by atoms with Crippen LogP contribution in [0.5, 0.6) is 0 Å². The summed E-state index contributed by atoms with van der Waals surface area (Å²) in [6.07, 6.45) is 5.50. The van der Waals surface area contributed by atoms with Gasteiger partial charge in [-0.3, -0.25) is 14.7 Å². The Kier molecular flexibility index (Phi) is 4.62. The second kappa shape index (κ2) is 6.79. The van der Waals surface area contributed by atoms with Crippen molar-refractivity contribution in [2.24, 2.45) is 0 Å². The first kappa shape index (κ1) is 17.7. The number of hydrogen-bond donors (Lipinski definition) is 1. The lowest BCUT2D eigenvalue weighted by Gasteiger charge is -2.16. The van der Waals surface area contributed by atoms with Crippen molar-refractivity contribution < 1.29 is 8.42 Å². The van der Waals surface area contributed by atoms with Crippen LogP contribution in [-0.2, 0) is 49.0 Å². The highest BCUT2D eigenvalue weighted by Gasteiger charge is 2.23. The van der Waals surface area contributed by atoms with Crippen molar-refractivity contribution in [1.82, 2.24) is 29.2 Å². The van der Waals surface area contributed by atoms with Gasteiger partial charge in [-0.25, -0.2) is 8.42 Å². The van der Waals surface area contributed by atoms with Crippen molar-refractivity contribution in [3.05, 3.63) is 34.4 Å². The van der Waals surface area contributed by atoms with Crippen LogP contribution in [0.4, 0.5) is 0 Å². The summed E-state index contributed by atoms with van der Waals surface area (Å²) in [4.78, 5) is 2.21. The molecule has 0 saturated carbocycles. The average Bonchev–Trinajstić information content (AvgIpc) is 3.21. The number of H-pyrrole nitrogens is 1. The van der Waals surface area contributed by atoms with Crippen LogP contribution in [0.2, 0.25) is 0 Å². The van der Waals surface area contributed by atoms with Gasteiger partial charge < -0.3 is 0 Å². The van der Waals surface area contributed by atoms with E-state index < -0.39 is 10.0 Å². The Bertz CT molecular complexity index is 900. The predicted octanol–water partition coefficient (Wildman–Crippen LogP) is 0.892. The van der Waals surface area contributed by atoms with Crippen LogP contribution >= 0.6 is 0 Å². The van der Waals surface area contributed by atoms with Crippen LogP contribution in [0.25, 0.3) is 0 Å². The summed E-state index contributed by atoms with van der Waals surface area (Å²) >= 11 is 0. The molecular weight excluding hydrogens is 352 g/mol. The summed E-state index contributed by atoms with van der Waals surface area (Å²) in [5.41, 5.74) is 5.77. The number of aryl methyl sites for hydroxylation is 2. The highest BCUT2D eigenvalue weighted by Crippen LogP contribution is 2.24. The second-order valence-electron chi connectivity index (χ2n) is 7.45. The van der Waals surface area contributed by atoms with Gasteiger partial charge in [0.2, 0.25) is 10.0 Å². The number of nitrogens with zero attached hydrogens (tertiary/aromatic N) is 5. The third-order valence-corrected chi connectivity index (χ3v) is 6.49. The average molecular weight is 379 g/mol. The maximum atomic E-state index is 11.9. The Labute approximate surface area is 154 Å². The summed E-state index contributed by atoms with van der Waals surface area (Å²) < 4.78 is 27.3. The fraction of sp³-hybridized carbons (Fsp3) is 0.647. The minimum absolute atomic E-state index is 0.405. The van der Waals surface area contributed by atoms with Crippen molar-refractivity contribution in [3.63, 3.8) is 0 Å². The Morgan fingerprint density at radius 2 is 2.08 bits per heavy atom. The van der Waals surface area contributed by atoms with E-state index in [4.69, 9.17) is 5.10 Å². The van der Waals surface area contributed by atoms with Crippen LogP contribution < -0.4 is 0 Å². The maximum absolute atomic E-state index is 11.9. The molecule has 0 aromatic carbocycles. The third kappa shape index (κ3) is 3.56. The lowest BCUT2D eigenvalue weighted by atomic mass is 10.2. The molecule has 3 heterocycles. The summed E-state index contributed by atoms with van der Waals surface area (Å²) in [5, 5.41) is 12.3. The van der Waals surface area contributed by atoms with Crippen LogP contribution in [0.3, 0.4) is 0 Å². The quantitative estimate of drug-likeness (QED) is 0.835. The van der Waals surface area contributed by atoms with Gasteiger partial charge in [0.1, 0.15) is 0 Å². The van der Waals surface area contributed by atoms with E-state index in [0.717, 1.165) is 56.0 Å². The van der Waals surface area contributed by atoms with Gasteiger partial charge in [-0.1, -0.05) is 0 Å². The molecule has 9 heteroatoms. The topological polar surface area (TPSA) is 87.1 Å². The fourth-order valence-corrected chi connectivity index (χ4v) is 4.79. The molecule has 0 spiro atoms. The Morgan fingerprint density at radius 1 is 1.23 bits per heavy atom. The molecule has 0 atom stereocenters. The number of aromatic nitrogens is 4. The molecule has 0 amide bonds. The minimum atomic E-state index is -3.18. The van der Waals surface area contributed by atoms with E-state index in [2.05, 4.69) is 22.1 Å². The maximum Gasteiger partial charge on any atom is 0.211 e. The second-order valence-corrected chi connectivity index (χ2v) is 9.44. The van der Waals surface area contributed by atoms with E-state index in [1.165, 1.54) is 28.2 Å². The molecule has 0 bridgehead atoms. The largest absolute Gasteiger partial charge is 0.295 e. The van der Waals surface area contributed by atoms with Crippen molar-refractivity contribution in [1.29, 1.82) is 0 Å². The third-order valence-electron chi connectivity index (χ3n) is 5.24. The normalized spacial score (nSPS) is 18.1. The van der Waals surface area contributed by atoms with E-state index in [9.17, 15) is 8.42 Å². The summed E-state index contributed by atoms with van der Waals surface area (Å²) in [5.74, 6) is 0. The highest BCUT2D eigenvalue weighted by molar-refractivity contribution is 7.88. The molecule has 0 saturated heterocycles. The number of sulfonamides is 1. The molecule has 0 fully saturated rings. The van der Waals surface area contributed by atoms with Crippen LogP contribution in [0.1, 0.15) is 41.2 Å². The zero-order valence-corrected chi connectivity index (χ0v) is 16.2. The van der Waals surface area contributed by atoms with Crippen molar-refractivity contribution in [2.75, 3.05) is 19.8 Å². The lowest BCUT2D eigenvalue weighted by molar-refractivity contribution is 0.308. The van der Waals surface area contributed by atoms with Crippen molar-refractivity contribution in [3.8, 4) is 0 Å². The molecule has 2 aromatic heterocycles. The van der Waals surface area contributed by atoms with Crippen LogP contribution in [0, 0.1) is 0 Å². The van der Waals surface area contributed by atoms with E-state index in [0.29, 0.717) is 13.1 Å². The SMILES string of the molecule is CN(Cc1cc2n(n1)CCCN(S(C)(=O)=O)C2)Cc1n[nH]c2c1CCC2. The van der Waals surface area contributed by atoms with Crippen LogP contribution in [0.15, 0.2) is 6.07 Å². The Morgan fingerprint density at radius 3 is 2.88 bits per heavy atom. The monoisotopic (exact) mass is 378 g/mol. The molecule has 4 rings (SSSR count). The van der Waals surface area contributed by atoms with Gasteiger partial charge >= 0.3 is 0 Å². The number of rotatable bonds is 5. The minimum Gasteiger partial charge on any atom is -0.295 e. The van der Waals surface area contributed by atoms with E-state index in [-0.39, 0.29) is 0 Å². The van der Waals surface area contributed by atoms with Gasteiger partial charge in [0.15, 0.2) is 0 Å². The summed E-state index contributed by atoms with van der Waals surface area (Å²) in [6, 6.07) is 2.04. The molecule has 26 heavy (non-hydrogen) atoms.